The van der Waals surface area contributed by atoms with Crippen molar-refractivity contribution in [3.63, 3.8) is 0 Å². The summed E-state index contributed by atoms with van der Waals surface area (Å²) in [6, 6.07) is 10.8. The predicted octanol–water partition coefficient (Wildman–Crippen LogP) is 2.55. The highest BCUT2D eigenvalue weighted by Gasteiger charge is 2.29. The van der Waals surface area contributed by atoms with Crippen LogP contribution in [0.1, 0.15) is 12.0 Å². The molecule has 0 saturated heterocycles. The van der Waals surface area contributed by atoms with E-state index in [1.807, 2.05) is 0 Å². The molecule has 0 aliphatic rings. The maximum Gasteiger partial charge on any atom is 0.320 e. The van der Waals surface area contributed by atoms with Gasteiger partial charge in [-0.15, -0.1) is 0 Å². The lowest BCUT2D eigenvalue weighted by Gasteiger charge is -2.14. The van der Waals surface area contributed by atoms with Crippen LogP contribution in [-0.4, -0.2) is 34.6 Å². The molecule has 0 bridgehead atoms. The molecular weight excluding hydrogens is 375 g/mol. The van der Waals surface area contributed by atoms with Gasteiger partial charge in [-0.25, -0.2) is 12.8 Å². The van der Waals surface area contributed by atoms with Crippen LogP contribution in [-0.2, 0) is 35.3 Å². The number of sulfone groups is 1. The summed E-state index contributed by atoms with van der Waals surface area (Å²) in [7, 11) is -1.57. The molecule has 0 radical (unpaired) electrons. The lowest BCUT2D eigenvalue weighted by molar-refractivity contribution is -0.159. The molecule has 0 fully saturated rings. The quantitative estimate of drug-likeness (QED) is 0.408. The number of halogens is 1. The van der Waals surface area contributed by atoms with Crippen LogP contribution in [0, 0.1) is 11.7 Å². The van der Waals surface area contributed by atoms with Crippen molar-refractivity contribution in [1.82, 2.24) is 0 Å². The Bertz CT molecular complexity index is 905. The van der Waals surface area contributed by atoms with Crippen molar-refractivity contribution in [3.05, 3.63) is 59.9 Å². The third-order valence-corrected chi connectivity index (χ3v) is 5.93. The lowest BCUT2D eigenvalue weighted by Crippen LogP contribution is -2.27. The summed E-state index contributed by atoms with van der Waals surface area (Å²) in [6.45, 7) is 0. The van der Waals surface area contributed by atoms with Crippen molar-refractivity contribution in [2.45, 2.75) is 22.6 Å². The highest BCUT2D eigenvalue weighted by atomic mass is 32.2. The van der Waals surface area contributed by atoms with E-state index < -0.39 is 33.5 Å². The topological polar surface area (TPSA) is 86.7 Å². The molecule has 0 aliphatic carbocycles. The minimum atomic E-state index is -3.88. The zero-order chi connectivity index (χ0) is 20.0. The van der Waals surface area contributed by atoms with Crippen molar-refractivity contribution >= 4 is 21.8 Å². The molecular formula is C19H19FO6S. The molecule has 0 aliphatic heterocycles. The van der Waals surface area contributed by atoms with Crippen LogP contribution in [0.3, 0.4) is 0 Å². The third-order valence-electron chi connectivity index (χ3n) is 4.06. The van der Waals surface area contributed by atoms with E-state index in [1.54, 1.807) is 18.2 Å². The Labute approximate surface area is 156 Å². The van der Waals surface area contributed by atoms with Gasteiger partial charge in [-0.1, -0.05) is 18.2 Å². The summed E-state index contributed by atoms with van der Waals surface area (Å²) >= 11 is 0. The first-order valence-corrected chi connectivity index (χ1v) is 9.53. The number of carbonyl (C=O) groups is 2. The molecule has 0 heterocycles. The average Bonchev–Trinajstić information content (AvgIpc) is 2.68. The number of carbonyl (C=O) groups excluding carboxylic acids is 2. The van der Waals surface area contributed by atoms with E-state index in [1.165, 1.54) is 18.2 Å². The van der Waals surface area contributed by atoms with E-state index in [0.29, 0.717) is 5.56 Å². The maximum absolute atomic E-state index is 13.1. The zero-order valence-corrected chi connectivity index (χ0v) is 15.7. The second-order valence-corrected chi connectivity index (χ2v) is 7.62. The van der Waals surface area contributed by atoms with Gasteiger partial charge in [0.15, 0.2) is 5.92 Å². The molecule has 0 saturated carbocycles. The van der Waals surface area contributed by atoms with Crippen LogP contribution in [0.15, 0.2) is 58.3 Å². The van der Waals surface area contributed by atoms with Gasteiger partial charge in [0.1, 0.15) is 5.82 Å². The molecule has 144 valence electrons. The standard InChI is InChI=1S/C19H19FO6S/c1-25-18(21)16(19(22)26-2)12-7-13-5-3-4-6-17(13)27(23,24)15-10-8-14(20)9-11-15/h3-6,8-11,16H,7,12H2,1-2H3. The summed E-state index contributed by atoms with van der Waals surface area (Å²) in [6.07, 6.45) is 0.154. The van der Waals surface area contributed by atoms with E-state index in [9.17, 15) is 22.4 Å². The van der Waals surface area contributed by atoms with Gasteiger partial charge in [-0.3, -0.25) is 9.59 Å². The summed E-state index contributed by atoms with van der Waals surface area (Å²) in [5.41, 5.74) is 0.430. The number of esters is 2. The fraction of sp³-hybridized carbons (Fsp3) is 0.263. The number of rotatable bonds is 7. The lowest BCUT2D eigenvalue weighted by atomic mass is 9.99. The fourth-order valence-electron chi connectivity index (χ4n) is 2.63. The number of ether oxygens (including phenoxy) is 2. The molecule has 6 nitrogen and oxygen atoms in total. The van der Waals surface area contributed by atoms with Gasteiger partial charge in [0.25, 0.3) is 0 Å². The van der Waals surface area contributed by atoms with Crippen LogP contribution in [0.5, 0.6) is 0 Å². The SMILES string of the molecule is COC(=O)C(CCc1ccccc1S(=O)(=O)c1ccc(F)cc1)C(=O)OC. The van der Waals surface area contributed by atoms with Gasteiger partial charge < -0.3 is 9.47 Å². The smallest absolute Gasteiger partial charge is 0.320 e. The van der Waals surface area contributed by atoms with E-state index in [0.717, 1.165) is 26.4 Å². The van der Waals surface area contributed by atoms with E-state index in [2.05, 4.69) is 9.47 Å². The van der Waals surface area contributed by atoms with Crippen molar-refractivity contribution in [3.8, 4) is 0 Å². The van der Waals surface area contributed by atoms with Crippen LogP contribution in [0.4, 0.5) is 4.39 Å². The highest BCUT2D eigenvalue weighted by Crippen LogP contribution is 2.26. The number of hydrogen-bond acceptors (Lipinski definition) is 6. The Balaban J connectivity index is 2.34. The van der Waals surface area contributed by atoms with Crippen LogP contribution in [0.25, 0.3) is 0 Å². The van der Waals surface area contributed by atoms with Crippen molar-refractivity contribution in [2.24, 2.45) is 5.92 Å². The second-order valence-electron chi connectivity index (χ2n) is 5.70. The summed E-state index contributed by atoms with van der Waals surface area (Å²) in [5.74, 6) is -3.19. The molecule has 0 spiro atoms. The summed E-state index contributed by atoms with van der Waals surface area (Å²) in [4.78, 5) is 23.6. The Kier molecular flexibility index (Phi) is 6.68. The molecule has 0 unspecified atom stereocenters. The number of hydrogen-bond donors (Lipinski definition) is 0. The first-order chi connectivity index (χ1) is 12.8. The maximum atomic E-state index is 13.1. The van der Waals surface area contributed by atoms with Gasteiger partial charge >= 0.3 is 11.9 Å². The number of methoxy groups -OCH3 is 2. The Morgan fingerprint density at radius 1 is 0.963 bits per heavy atom. The average molecular weight is 394 g/mol. The normalized spacial score (nSPS) is 11.3. The minimum absolute atomic E-state index is 0.0231. The monoisotopic (exact) mass is 394 g/mol. The number of benzene rings is 2. The molecule has 2 rings (SSSR count). The van der Waals surface area contributed by atoms with Crippen LogP contribution >= 0.6 is 0 Å². The van der Waals surface area contributed by atoms with E-state index >= 15 is 0 Å². The predicted molar refractivity (Wildman–Crippen MR) is 94.1 cm³/mol. The van der Waals surface area contributed by atoms with Crippen LogP contribution < -0.4 is 0 Å². The first kappa shape index (κ1) is 20.6. The molecule has 2 aromatic rings. The summed E-state index contributed by atoms with van der Waals surface area (Å²) < 4.78 is 48.1. The minimum Gasteiger partial charge on any atom is -0.468 e. The van der Waals surface area contributed by atoms with Crippen molar-refractivity contribution in [2.75, 3.05) is 14.2 Å². The molecule has 0 amide bonds. The van der Waals surface area contributed by atoms with Crippen molar-refractivity contribution < 1.29 is 31.9 Å². The first-order valence-electron chi connectivity index (χ1n) is 8.05. The Morgan fingerprint density at radius 3 is 2.07 bits per heavy atom. The molecule has 2 aromatic carbocycles. The van der Waals surface area contributed by atoms with Gasteiger partial charge in [0, 0.05) is 0 Å². The van der Waals surface area contributed by atoms with Crippen molar-refractivity contribution in [1.29, 1.82) is 0 Å². The molecule has 0 aromatic heterocycles. The van der Waals surface area contributed by atoms with Gasteiger partial charge in [0.2, 0.25) is 9.84 Å². The summed E-state index contributed by atoms with van der Waals surface area (Å²) in [5, 5.41) is 0. The highest BCUT2D eigenvalue weighted by molar-refractivity contribution is 7.91. The number of aryl methyl sites for hydroxylation is 1. The van der Waals surface area contributed by atoms with Gasteiger partial charge in [-0.2, -0.15) is 0 Å². The molecule has 8 heteroatoms. The Morgan fingerprint density at radius 2 is 1.52 bits per heavy atom. The van der Waals surface area contributed by atoms with E-state index in [-0.39, 0.29) is 22.6 Å². The van der Waals surface area contributed by atoms with Crippen LogP contribution in [0.2, 0.25) is 0 Å². The third kappa shape index (κ3) is 4.71. The Hall–Kier alpha value is -2.74. The van der Waals surface area contributed by atoms with Gasteiger partial charge in [0.05, 0.1) is 24.0 Å². The zero-order valence-electron chi connectivity index (χ0n) is 14.8. The molecule has 0 atom stereocenters. The fourth-order valence-corrected chi connectivity index (χ4v) is 4.15. The molecule has 27 heavy (non-hydrogen) atoms. The van der Waals surface area contributed by atoms with E-state index in [4.69, 9.17) is 0 Å². The molecule has 0 N–H and O–H groups in total. The second kappa shape index (κ2) is 8.77. The largest absolute Gasteiger partial charge is 0.468 e. The van der Waals surface area contributed by atoms with Gasteiger partial charge in [-0.05, 0) is 48.7 Å².